The normalized spacial score (nSPS) is 23.8. The highest BCUT2D eigenvalue weighted by molar-refractivity contribution is 8.09. The number of aliphatic hydroxyl groups excluding tert-OH is 1. The van der Waals surface area contributed by atoms with Crippen molar-refractivity contribution in [1.29, 1.82) is 0 Å². The van der Waals surface area contributed by atoms with Crippen molar-refractivity contribution in [2.24, 2.45) is 0 Å². The molecule has 0 saturated carbocycles. The Kier molecular flexibility index (Phi) is 9.50. The Balaban J connectivity index is 1.71. The maximum Gasteiger partial charge on any atom is 0.330 e. The Bertz CT molecular complexity index is 1650. The summed E-state index contributed by atoms with van der Waals surface area (Å²) in [5.74, 6) is -5.14. The molecule has 0 amide bonds. The van der Waals surface area contributed by atoms with Crippen molar-refractivity contribution in [1.82, 2.24) is 14.6 Å². The predicted molar refractivity (Wildman–Crippen MR) is 150 cm³/mol. The van der Waals surface area contributed by atoms with Crippen LogP contribution in [-0.2, 0) is 30.6 Å². The average molecular weight is 650 g/mol. The summed E-state index contributed by atoms with van der Waals surface area (Å²) in [6.07, 6.45) is -9.68. The van der Waals surface area contributed by atoms with Gasteiger partial charge in [0, 0.05) is 17.6 Å². The summed E-state index contributed by atoms with van der Waals surface area (Å²) >= 11 is 5.56. The average Bonchev–Trinajstić information content (AvgIpc) is 3.13. The largest absolute Gasteiger partial charge is 0.462 e. The lowest BCUT2D eigenvalue weighted by atomic mass is 9.96. The summed E-state index contributed by atoms with van der Waals surface area (Å²) in [6.45, 7) is -1.04. The van der Waals surface area contributed by atoms with Crippen molar-refractivity contribution >= 4 is 35.2 Å². The lowest BCUT2D eigenvalue weighted by Gasteiger charge is -2.34. The highest BCUT2D eigenvalue weighted by atomic mass is 32.5. The second-order valence-electron chi connectivity index (χ2n) is 10.00. The highest BCUT2D eigenvalue weighted by Gasteiger charge is 2.71. The first-order chi connectivity index (χ1) is 20.1. The van der Waals surface area contributed by atoms with E-state index in [1.54, 1.807) is 55.2 Å². The summed E-state index contributed by atoms with van der Waals surface area (Å²) in [7, 11) is 0. The number of aromatic nitrogens is 2. The van der Waals surface area contributed by atoms with E-state index in [9.17, 15) is 28.3 Å². The Labute approximate surface area is 246 Å². The van der Waals surface area contributed by atoms with Crippen LogP contribution in [0.3, 0.4) is 0 Å². The van der Waals surface area contributed by atoms with Crippen LogP contribution in [0.4, 0.5) is 17.6 Å². The Morgan fingerprint density at radius 1 is 1.16 bits per heavy atom. The van der Waals surface area contributed by atoms with Crippen molar-refractivity contribution < 1.29 is 46.0 Å². The van der Waals surface area contributed by atoms with Gasteiger partial charge in [-0.05, 0) is 44.0 Å². The van der Waals surface area contributed by atoms with Gasteiger partial charge >= 0.3 is 24.2 Å². The monoisotopic (exact) mass is 649 g/mol. The van der Waals surface area contributed by atoms with Crippen LogP contribution in [0.25, 0.3) is 10.8 Å². The molecule has 2 aromatic carbocycles. The van der Waals surface area contributed by atoms with Crippen LogP contribution in [0.15, 0.2) is 64.3 Å². The van der Waals surface area contributed by atoms with Crippen LogP contribution in [0.2, 0.25) is 0 Å². The van der Waals surface area contributed by atoms with Crippen molar-refractivity contribution in [2.75, 3.05) is 6.61 Å². The summed E-state index contributed by atoms with van der Waals surface area (Å²) in [5, 5.41) is 14.4. The summed E-state index contributed by atoms with van der Waals surface area (Å²) in [6, 6.07) is 11.3. The predicted octanol–water partition coefficient (Wildman–Crippen LogP) is 3.47. The Morgan fingerprint density at radius 2 is 1.84 bits per heavy atom. The molecule has 2 heterocycles. The van der Waals surface area contributed by atoms with E-state index in [-0.39, 0.29) is 10.3 Å². The van der Waals surface area contributed by atoms with Crippen molar-refractivity contribution in [3.8, 4) is 5.75 Å². The zero-order chi connectivity index (χ0) is 31.7. The molecule has 1 aliphatic rings. The molecule has 4 rings (SSSR count). The molecule has 1 unspecified atom stereocenters. The van der Waals surface area contributed by atoms with E-state index in [1.165, 1.54) is 13.0 Å². The molecule has 1 aromatic heterocycles. The van der Waals surface area contributed by atoms with E-state index in [0.717, 1.165) is 0 Å². The molecule has 234 valence electrons. The molecule has 1 fully saturated rings. The molecule has 43 heavy (non-hydrogen) atoms. The maximum absolute atomic E-state index is 15.3. The van der Waals surface area contributed by atoms with Gasteiger partial charge in [-0.15, -0.1) is 0 Å². The number of ether oxygens (including phenoxy) is 2. The quantitative estimate of drug-likeness (QED) is 0.161. The standard InChI is InChI=1S/C26H28F4N3O8PS/c1-14(2)39-20(35)15(3)32-42(43,41-18-10-6-8-16-7-4-5-9-17(16)18)38-13-25(22(27)28)21(36)26(29,30)23(40-25)33-12-11-19(34)31-24(33)37/h4-12,14-15,21-23,36H,13H2,1-3H3,(H,32,43)(H,31,34,37)/t15-,21+,23+,25+,42?/m0/s1. The topological polar surface area (TPSA) is 141 Å². The van der Waals surface area contributed by atoms with E-state index in [0.29, 0.717) is 23.0 Å². The third-order valence-corrected chi connectivity index (χ3v) is 8.91. The molecule has 3 aromatic rings. The summed E-state index contributed by atoms with van der Waals surface area (Å²) in [5.41, 5.74) is -5.76. The van der Waals surface area contributed by atoms with Gasteiger partial charge in [-0.1, -0.05) is 36.4 Å². The molecule has 0 radical (unpaired) electrons. The minimum atomic E-state index is -4.47. The lowest BCUT2D eigenvalue weighted by molar-refractivity contribution is -0.192. The van der Waals surface area contributed by atoms with Gasteiger partial charge in [-0.25, -0.2) is 18.7 Å². The van der Waals surface area contributed by atoms with Gasteiger partial charge in [0.2, 0.25) is 6.23 Å². The van der Waals surface area contributed by atoms with Crippen LogP contribution in [-0.4, -0.2) is 63.4 Å². The molecule has 0 spiro atoms. The molecule has 11 nitrogen and oxygen atoms in total. The van der Waals surface area contributed by atoms with Crippen molar-refractivity contribution in [3.63, 3.8) is 0 Å². The number of H-pyrrole nitrogens is 1. The van der Waals surface area contributed by atoms with Gasteiger partial charge in [0.05, 0.1) is 12.7 Å². The molecule has 0 bridgehead atoms. The first kappa shape index (κ1) is 32.8. The first-order valence-electron chi connectivity index (χ1n) is 12.8. The number of halogens is 4. The molecular formula is C26H28F4N3O8PS. The van der Waals surface area contributed by atoms with E-state index in [4.69, 9.17) is 30.3 Å². The number of hydrogen-bond donors (Lipinski definition) is 3. The van der Waals surface area contributed by atoms with Gasteiger partial charge in [-0.2, -0.15) is 8.78 Å². The first-order valence-corrected chi connectivity index (χ1v) is 15.5. The van der Waals surface area contributed by atoms with Gasteiger partial charge in [0.15, 0.2) is 11.7 Å². The number of fused-ring (bicyclic) bond motifs is 1. The lowest BCUT2D eigenvalue weighted by Crippen LogP contribution is -2.54. The van der Waals surface area contributed by atoms with Gasteiger partial charge in [0.25, 0.3) is 12.0 Å². The second-order valence-corrected chi connectivity index (χ2v) is 13.1. The van der Waals surface area contributed by atoms with E-state index in [2.05, 4.69) is 5.09 Å². The number of esters is 1. The van der Waals surface area contributed by atoms with Crippen LogP contribution >= 0.6 is 6.64 Å². The minimum absolute atomic E-state index is 0.125. The minimum Gasteiger partial charge on any atom is -0.462 e. The zero-order valence-corrected chi connectivity index (χ0v) is 24.6. The molecule has 5 atom stereocenters. The second kappa shape index (κ2) is 12.5. The number of carbonyl (C=O) groups excluding carboxylic acids is 1. The molecular weight excluding hydrogens is 621 g/mol. The van der Waals surface area contributed by atoms with Crippen molar-refractivity contribution in [3.05, 3.63) is 75.6 Å². The van der Waals surface area contributed by atoms with Crippen molar-refractivity contribution in [2.45, 2.75) is 63.2 Å². The molecule has 1 saturated heterocycles. The molecule has 17 heteroatoms. The molecule has 1 aliphatic heterocycles. The van der Waals surface area contributed by atoms with E-state index < -0.39 is 72.9 Å². The van der Waals surface area contributed by atoms with Crippen LogP contribution in [0.1, 0.15) is 27.0 Å². The number of alkyl halides is 4. The number of nitrogens with one attached hydrogen (secondary N) is 2. The van der Waals surface area contributed by atoms with E-state index >= 15 is 8.78 Å². The fourth-order valence-corrected chi connectivity index (χ4v) is 6.74. The van der Waals surface area contributed by atoms with Crippen LogP contribution < -0.4 is 20.9 Å². The van der Waals surface area contributed by atoms with E-state index in [1.807, 2.05) is 0 Å². The fourth-order valence-electron chi connectivity index (χ4n) is 4.32. The number of nitrogens with zero attached hydrogens (tertiary/aromatic N) is 1. The number of carbonyl (C=O) groups is 1. The maximum atomic E-state index is 15.3. The molecule has 3 N–H and O–H groups in total. The fraction of sp³-hybridized carbons (Fsp3) is 0.423. The van der Waals surface area contributed by atoms with Gasteiger partial charge in [0.1, 0.15) is 11.8 Å². The van der Waals surface area contributed by atoms with Crippen LogP contribution in [0, 0.1) is 0 Å². The number of benzene rings is 2. The third kappa shape index (κ3) is 6.69. The zero-order valence-electron chi connectivity index (χ0n) is 22.9. The smallest absolute Gasteiger partial charge is 0.330 e. The number of hydrogen-bond acceptors (Lipinski definition) is 9. The summed E-state index contributed by atoms with van der Waals surface area (Å²) < 4.78 is 81.6. The number of rotatable bonds is 11. The number of aromatic amines is 1. The third-order valence-electron chi connectivity index (χ3n) is 6.45. The SMILES string of the molecule is CC(C)OC(=O)[C@H](C)NP(=S)(OC[C@@]1(C(F)F)O[C@@H](n2ccc(=O)[nH]c2=O)C(F)(F)[C@@H]1O)Oc1cccc2ccccc12. The highest BCUT2D eigenvalue weighted by Crippen LogP contribution is 2.53. The Hall–Kier alpha value is -3.14. The molecule has 0 aliphatic carbocycles. The van der Waals surface area contributed by atoms with Gasteiger partial charge in [-0.3, -0.25) is 19.1 Å². The van der Waals surface area contributed by atoms with Gasteiger partial charge < -0.3 is 23.6 Å². The Morgan fingerprint density at radius 3 is 2.49 bits per heavy atom. The van der Waals surface area contributed by atoms with Crippen LogP contribution in [0.5, 0.6) is 5.75 Å². The number of aliphatic hydroxyl groups is 1. The summed E-state index contributed by atoms with van der Waals surface area (Å²) in [4.78, 5) is 37.9.